The molecule has 0 saturated heterocycles. The molecule has 1 heterocycles. The molecule has 4 rings (SSSR count). The molecule has 4 heteroatoms. The molecule has 26 heavy (non-hydrogen) atoms. The van der Waals surface area contributed by atoms with E-state index >= 15 is 0 Å². The molecule has 1 aliphatic rings. The van der Waals surface area contributed by atoms with Gasteiger partial charge in [0.2, 0.25) is 0 Å². The van der Waals surface area contributed by atoms with Gasteiger partial charge in [-0.15, -0.1) is 11.8 Å². The molecule has 3 aromatic rings. The summed E-state index contributed by atoms with van der Waals surface area (Å²) in [5.41, 5.74) is 4.22. The highest BCUT2D eigenvalue weighted by Crippen LogP contribution is 2.29. The highest BCUT2D eigenvalue weighted by Gasteiger charge is 2.24. The molecule has 0 aromatic heterocycles. The molecule has 0 saturated carbocycles. The number of carbonyl (C=O) groups is 1. The number of hydrogen-bond donors (Lipinski definition) is 0. The van der Waals surface area contributed by atoms with Crippen LogP contribution in [-0.2, 0) is 12.2 Å². The maximum Gasteiger partial charge on any atom is 0.258 e. The van der Waals surface area contributed by atoms with Crippen molar-refractivity contribution in [3.05, 3.63) is 94.5 Å². The van der Waals surface area contributed by atoms with Crippen LogP contribution in [0.5, 0.6) is 0 Å². The highest BCUT2D eigenvalue weighted by atomic mass is 35.5. The minimum absolute atomic E-state index is 0.0758. The van der Waals surface area contributed by atoms with Crippen LogP contribution in [0.25, 0.3) is 0 Å². The van der Waals surface area contributed by atoms with Gasteiger partial charge in [-0.1, -0.05) is 41.9 Å². The van der Waals surface area contributed by atoms with Crippen molar-refractivity contribution in [1.82, 2.24) is 0 Å². The first-order chi connectivity index (χ1) is 12.7. The molecule has 1 amide bonds. The Balaban J connectivity index is 1.43. The monoisotopic (exact) mass is 379 g/mol. The van der Waals surface area contributed by atoms with E-state index in [0.29, 0.717) is 0 Å². The Bertz CT molecular complexity index is 922. The van der Waals surface area contributed by atoms with E-state index in [1.807, 2.05) is 71.6 Å². The quantitative estimate of drug-likeness (QED) is 0.531. The van der Waals surface area contributed by atoms with Gasteiger partial charge in [0.25, 0.3) is 5.91 Å². The van der Waals surface area contributed by atoms with Gasteiger partial charge >= 0.3 is 0 Å². The molecule has 1 aliphatic heterocycles. The fourth-order valence-electron chi connectivity index (χ4n) is 3.15. The second-order valence-corrected chi connectivity index (χ2v) is 7.76. The zero-order valence-electron chi connectivity index (χ0n) is 14.2. The number of fused-ring (bicyclic) bond motifs is 1. The van der Waals surface area contributed by atoms with Crippen LogP contribution in [0.4, 0.5) is 5.69 Å². The lowest BCUT2D eigenvalue weighted by molar-refractivity contribution is 0.0989. The number of amides is 1. The van der Waals surface area contributed by atoms with Crippen LogP contribution in [0.2, 0.25) is 5.02 Å². The largest absolute Gasteiger partial charge is 0.308 e. The number of benzene rings is 3. The van der Waals surface area contributed by atoms with Crippen molar-refractivity contribution < 1.29 is 4.79 Å². The molecular weight excluding hydrogens is 362 g/mol. The van der Waals surface area contributed by atoms with E-state index in [1.165, 1.54) is 16.0 Å². The van der Waals surface area contributed by atoms with Gasteiger partial charge in [0.15, 0.2) is 0 Å². The van der Waals surface area contributed by atoms with E-state index in [-0.39, 0.29) is 5.91 Å². The van der Waals surface area contributed by atoms with Crippen LogP contribution < -0.4 is 4.90 Å². The average Bonchev–Trinajstić information content (AvgIpc) is 3.11. The maximum atomic E-state index is 12.8. The summed E-state index contributed by atoms with van der Waals surface area (Å²) in [4.78, 5) is 15.9. The minimum Gasteiger partial charge on any atom is -0.308 e. The van der Waals surface area contributed by atoms with Crippen molar-refractivity contribution in [2.75, 3.05) is 11.4 Å². The Kier molecular flexibility index (Phi) is 5.00. The molecule has 0 atom stereocenters. The molecule has 0 spiro atoms. The molecule has 0 N–H and O–H groups in total. The third-order valence-electron chi connectivity index (χ3n) is 4.55. The zero-order chi connectivity index (χ0) is 17.9. The Morgan fingerprint density at radius 1 is 0.962 bits per heavy atom. The lowest BCUT2D eigenvalue weighted by atomic mass is 10.1. The van der Waals surface area contributed by atoms with Crippen molar-refractivity contribution in [3.8, 4) is 0 Å². The van der Waals surface area contributed by atoms with E-state index in [9.17, 15) is 4.79 Å². The number of anilines is 1. The van der Waals surface area contributed by atoms with Gasteiger partial charge in [0, 0.05) is 33.5 Å². The van der Waals surface area contributed by atoms with Crippen LogP contribution in [-0.4, -0.2) is 12.5 Å². The molecule has 0 radical (unpaired) electrons. The van der Waals surface area contributed by atoms with E-state index in [4.69, 9.17) is 11.6 Å². The standard InChI is InChI=1S/C22H18ClNOS/c23-19-9-11-20(12-10-19)26-15-16-5-7-18(8-6-16)22(25)24-14-13-17-3-1-2-4-21(17)24/h1-12H,13-15H2. The van der Waals surface area contributed by atoms with Crippen molar-refractivity contribution in [2.24, 2.45) is 0 Å². The fourth-order valence-corrected chi connectivity index (χ4v) is 4.13. The number of thioether (sulfide) groups is 1. The van der Waals surface area contributed by atoms with Crippen molar-refractivity contribution in [3.63, 3.8) is 0 Å². The second-order valence-electron chi connectivity index (χ2n) is 6.28. The summed E-state index contributed by atoms with van der Waals surface area (Å²) in [5.74, 6) is 0.940. The predicted octanol–water partition coefficient (Wildman–Crippen LogP) is 5.84. The number of para-hydroxylation sites is 1. The first-order valence-electron chi connectivity index (χ1n) is 8.58. The minimum atomic E-state index is 0.0758. The SMILES string of the molecule is O=C(c1ccc(CSc2ccc(Cl)cc2)cc1)N1CCc2ccccc21. The number of carbonyl (C=O) groups excluding carboxylic acids is 1. The van der Waals surface area contributed by atoms with Crippen LogP contribution in [0, 0.1) is 0 Å². The van der Waals surface area contributed by atoms with Gasteiger partial charge in [-0.3, -0.25) is 4.79 Å². The first-order valence-corrected chi connectivity index (χ1v) is 9.94. The van der Waals surface area contributed by atoms with Crippen molar-refractivity contribution >= 4 is 35.0 Å². The lowest BCUT2D eigenvalue weighted by Crippen LogP contribution is -2.28. The van der Waals surface area contributed by atoms with E-state index < -0.39 is 0 Å². The summed E-state index contributed by atoms with van der Waals surface area (Å²) in [6, 6.07) is 23.9. The normalized spacial score (nSPS) is 12.9. The van der Waals surface area contributed by atoms with Crippen molar-refractivity contribution in [2.45, 2.75) is 17.1 Å². The molecule has 130 valence electrons. The van der Waals surface area contributed by atoms with Crippen LogP contribution in [0.15, 0.2) is 77.7 Å². The number of hydrogen-bond acceptors (Lipinski definition) is 2. The molecule has 0 bridgehead atoms. The van der Waals surface area contributed by atoms with Crippen LogP contribution >= 0.6 is 23.4 Å². The van der Waals surface area contributed by atoms with Gasteiger partial charge in [-0.25, -0.2) is 0 Å². The van der Waals surface area contributed by atoms with Gasteiger partial charge < -0.3 is 4.90 Å². The van der Waals surface area contributed by atoms with Gasteiger partial charge in [0.1, 0.15) is 0 Å². The Morgan fingerprint density at radius 3 is 2.46 bits per heavy atom. The molecule has 3 aromatic carbocycles. The topological polar surface area (TPSA) is 20.3 Å². The molecule has 2 nitrogen and oxygen atoms in total. The Morgan fingerprint density at radius 2 is 1.69 bits per heavy atom. The number of halogens is 1. The number of rotatable bonds is 4. The van der Waals surface area contributed by atoms with Crippen LogP contribution in [0.1, 0.15) is 21.5 Å². The second kappa shape index (κ2) is 7.56. The van der Waals surface area contributed by atoms with Gasteiger partial charge in [-0.05, 0) is 60.0 Å². The summed E-state index contributed by atoms with van der Waals surface area (Å²) >= 11 is 7.67. The lowest BCUT2D eigenvalue weighted by Gasteiger charge is -2.17. The van der Waals surface area contributed by atoms with Crippen LogP contribution in [0.3, 0.4) is 0 Å². The highest BCUT2D eigenvalue weighted by molar-refractivity contribution is 7.98. The smallest absolute Gasteiger partial charge is 0.258 e. The third kappa shape index (κ3) is 3.64. The predicted molar refractivity (Wildman–Crippen MR) is 109 cm³/mol. The third-order valence-corrected chi connectivity index (χ3v) is 5.89. The summed E-state index contributed by atoms with van der Waals surface area (Å²) in [7, 11) is 0. The van der Waals surface area contributed by atoms with Gasteiger partial charge in [0.05, 0.1) is 0 Å². The number of nitrogens with zero attached hydrogens (tertiary/aromatic N) is 1. The van der Waals surface area contributed by atoms with Gasteiger partial charge in [-0.2, -0.15) is 0 Å². The fraction of sp³-hybridized carbons (Fsp3) is 0.136. The average molecular weight is 380 g/mol. The molecule has 0 aliphatic carbocycles. The summed E-state index contributed by atoms with van der Waals surface area (Å²) < 4.78 is 0. The maximum absolute atomic E-state index is 12.8. The first kappa shape index (κ1) is 17.2. The Hall–Kier alpha value is -2.23. The Labute approximate surface area is 162 Å². The van der Waals surface area contributed by atoms with E-state index in [2.05, 4.69) is 6.07 Å². The van der Waals surface area contributed by atoms with Crippen molar-refractivity contribution in [1.29, 1.82) is 0 Å². The summed E-state index contributed by atoms with van der Waals surface area (Å²) in [6.45, 7) is 0.756. The molecule has 0 fully saturated rings. The van der Waals surface area contributed by atoms with E-state index in [1.54, 1.807) is 11.8 Å². The molecular formula is C22H18ClNOS. The molecule has 0 unspecified atom stereocenters. The zero-order valence-corrected chi connectivity index (χ0v) is 15.8. The van der Waals surface area contributed by atoms with E-state index in [0.717, 1.165) is 35.0 Å². The summed E-state index contributed by atoms with van der Waals surface area (Å²) in [5, 5.41) is 0.751. The summed E-state index contributed by atoms with van der Waals surface area (Å²) in [6.07, 6.45) is 0.928.